The maximum atomic E-state index is 13.4. The molecule has 7 nitrogen and oxygen atoms in total. The number of aromatic nitrogens is 4. The van der Waals surface area contributed by atoms with Gasteiger partial charge < -0.3 is 14.2 Å². The summed E-state index contributed by atoms with van der Waals surface area (Å²) in [4.78, 5) is 19.9. The van der Waals surface area contributed by atoms with Crippen molar-refractivity contribution in [3.63, 3.8) is 0 Å². The van der Waals surface area contributed by atoms with E-state index in [9.17, 15) is 4.79 Å². The highest BCUT2D eigenvalue weighted by Crippen LogP contribution is 2.34. The largest absolute Gasteiger partial charge is 0.377 e. The van der Waals surface area contributed by atoms with E-state index >= 15 is 0 Å². The molecule has 2 fully saturated rings. The number of H-pyrrole nitrogens is 1. The molecule has 3 heterocycles. The lowest BCUT2D eigenvalue weighted by atomic mass is 10.0. The van der Waals surface area contributed by atoms with Gasteiger partial charge >= 0.3 is 0 Å². The lowest BCUT2D eigenvalue weighted by Crippen LogP contribution is -2.40. The number of nitrogens with one attached hydrogen (secondary N) is 1. The molecule has 1 amide bonds. The number of methoxy groups -OCH3 is 1. The number of hydrogen-bond donors (Lipinski definition) is 1. The molecule has 0 bridgehead atoms. The number of likely N-dealkylation sites (tertiary alicyclic amines) is 1. The number of hydrogen-bond acceptors (Lipinski definition) is 4. The van der Waals surface area contributed by atoms with Gasteiger partial charge in [-0.2, -0.15) is 5.10 Å². The molecule has 140 valence electrons. The fraction of sp³-hybridized carbons (Fsp3) is 0.632. The molecular weight excluding hydrogens is 330 g/mol. The van der Waals surface area contributed by atoms with Crippen LogP contribution in [0.5, 0.6) is 0 Å². The number of amides is 1. The summed E-state index contributed by atoms with van der Waals surface area (Å²) >= 11 is 0. The molecular formula is C19H27N5O2. The van der Waals surface area contributed by atoms with E-state index in [0.717, 1.165) is 31.5 Å². The second-order valence-corrected chi connectivity index (χ2v) is 7.32. The fourth-order valence-electron chi connectivity index (χ4n) is 4.33. The summed E-state index contributed by atoms with van der Waals surface area (Å²) in [5.74, 6) is 1.50. The second-order valence-electron chi connectivity index (χ2n) is 7.32. The smallest absolute Gasteiger partial charge is 0.271 e. The van der Waals surface area contributed by atoms with Gasteiger partial charge in [0.1, 0.15) is 12.3 Å². The Hall–Kier alpha value is -2.15. The zero-order chi connectivity index (χ0) is 17.9. The Labute approximate surface area is 153 Å². The highest BCUT2D eigenvalue weighted by atomic mass is 16.5. The maximum absolute atomic E-state index is 13.4. The Kier molecular flexibility index (Phi) is 5.06. The van der Waals surface area contributed by atoms with Crippen molar-refractivity contribution >= 4 is 5.91 Å². The molecule has 0 radical (unpaired) electrons. The Morgan fingerprint density at radius 3 is 2.88 bits per heavy atom. The predicted octanol–water partition coefficient (Wildman–Crippen LogP) is 3.24. The molecule has 2 aromatic heterocycles. The zero-order valence-corrected chi connectivity index (χ0v) is 15.4. The van der Waals surface area contributed by atoms with Crippen LogP contribution in [0.15, 0.2) is 18.3 Å². The Morgan fingerprint density at radius 2 is 2.08 bits per heavy atom. The van der Waals surface area contributed by atoms with E-state index in [4.69, 9.17) is 4.74 Å². The number of nitrogens with zero attached hydrogens (tertiary/aromatic N) is 4. The van der Waals surface area contributed by atoms with Gasteiger partial charge in [0.25, 0.3) is 5.91 Å². The van der Waals surface area contributed by atoms with Gasteiger partial charge in [0.05, 0.1) is 6.04 Å². The van der Waals surface area contributed by atoms with Gasteiger partial charge in [-0.05, 0) is 44.2 Å². The summed E-state index contributed by atoms with van der Waals surface area (Å²) < 4.78 is 7.31. The number of ether oxygens (including phenoxy) is 1. The topological polar surface area (TPSA) is 76.0 Å². The van der Waals surface area contributed by atoms with Crippen LogP contribution < -0.4 is 0 Å². The Bertz CT molecular complexity index is 747. The Morgan fingerprint density at radius 1 is 1.27 bits per heavy atom. The lowest BCUT2D eigenvalue weighted by molar-refractivity contribution is 0.0586. The number of piperidine rings is 1. The second kappa shape index (κ2) is 7.61. The van der Waals surface area contributed by atoms with Gasteiger partial charge in [0.15, 0.2) is 11.6 Å². The molecule has 1 saturated carbocycles. The van der Waals surface area contributed by atoms with Crippen molar-refractivity contribution < 1.29 is 9.53 Å². The minimum atomic E-state index is -0.0648. The van der Waals surface area contributed by atoms with Crippen molar-refractivity contribution in [3.8, 4) is 0 Å². The fourth-order valence-corrected chi connectivity index (χ4v) is 4.33. The first-order chi connectivity index (χ1) is 12.8. The van der Waals surface area contributed by atoms with Crippen molar-refractivity contribution in [2.24, 2.45) is 0 Å². The van der Waals surface area contributed by atoms with E-state index in [1.54, 1.807) is 7.11 Å². The van der Waals surface area contributed by atoms with E-state index in [1.807, 2.05) is 17.0 Å². The van der Waals surface area contributed by atoms with Crippen LogP contribution in [-0.4, -0.2) is 44.2 Å². The van der Waals surface area contributed by atoms with Gasteiger partial charge in [-0.1, -0.05) is 12.8 Å². The first kappa shape index (κ1) is 17.3. The van der Waals surface area contributed by atoms with Gasteiger partial charge in [0, 0.05) is 25.9 Å². The SMILES string of the molecule is COCc1nc([C@@H]2CCCCN2C(=O)c2cccn2C2CCCC2)n[nH]1. The molecule has 0 unspecified atom stereocenters. The summed E-state index contributed by atoms with van der Waals surface area (Å²) in [6.45, 7) is 1.16. The van der Waals surface area contributed by atoms with Crippen LogP contribution in [0.25, 0.3) is 0 Å². The highest BCUT2D eigenvalue weighted by Gasteiger charge is 2.33. The Balaban J connectivity index is 1.58. The molecule has 2 aromatic rings. The number of rotatable bonds is 5. The van der Waals surface area contributed by atoms with Crippen LogP contribution in [0.1, 0.15) is 79.2 Å². The summed E-state index contributed by atoms with van der Waals surface area (Å²) in [6.07, 6.45) is 9.92. The monoisotopic (exact) mass is 357 g/mol. The summed E-state index contributed by atoms with van der Waals surface area (Å²) in [7, 11) is 1.63. The highest BCUT2D eigenvalue weighted by molar-refractivity contribution is 5.93. The van der Waals surface area contributed by atoms with E-state index in [-0.39, 0.29) is 11.9 Å². The van der Waals surface area contributed by atoms with E-state index in [2.05, 4.69) is 25.9 Å². The molecule has 1 atom stereocenters. The van der Waals surface area contributed by atoms with Crippen LogP contribution in [-0.2, 0) is 11.3 Å². The number of carbonyl (C=O) groups excluding carboxylic acids is 1. The van der Waals surface area contributed by atoms with Gasteiger partial charge in [-0.25, -0.2) is 4.98 Å². The quantitative estimate of drug-likeness (QED) is 0.891. The molecule has 26 heavy (non-hydrogen) atoms. The first-order valence-corrected chi connectivity index (χ1v) is 9.66. The average molecular weight is 357 g/mol. The number of carbonyl (C=O) groups is 1. The van der Waals surface area contributed by atoms with Crippen molar-refractivity contribution in [3.05, 3.63) is 35.7 Å². The van der Waals surface area contributed by atoms with Crippen LogP contribution in [0, 0.1) is 0 Å². The maximum Gasteiger partial charge on any atom is 0.271 e. The van der Waals surface area contributed by atoms with E-state index < -0.39 is 0 Å². The molecule has 0 aromatic carbocycles. The minimum absolute atomic E-state index is 0.0648. The summed E-state index contributed by atoms with van der Waals surface area (Å²) in [5.41, 5.74) is 0.802. The normalized spacial score (nSPS) is 21.4. The molecule has 7 heteroatoms. The van der Waals surface area contributed by atoms with Gasteiger partial charge in [0.2, 0.25) is 0 Å². The molecule has 1 aliphatic heterocycles. The molecule has 1 saturated heterocycles. The lowest BCUT2D eigenvalue weighted by Gasteiger charge is -2.34. The van der Waals surface area contributed by atoms with Gasteiger partial charge in [-0.15, -0.1) is 0 Å². The van der Waals surface area contributed by atoms with Crippen LogP contribution >= 0.6 is 0 Å². The third-order valence-corrected chi connectivity index (χ3v) is 5.61. The van der Waals surface area contributed by atoms with Crippen molar-refractivity contribution in [1.82, 2.24) is 24.6 Å². The van der Waals surface area contributed by atoms with Crippen LogP contribution in [0.3, 0.4) is 0 Å². The number of aromatic amines is 1. The van der Waals surface area contributed by atoms with E-state index in [0.29, 0.717) is 24.3 Å². The molecule has 4 rings (SSSR count). The predicted molar refractivity (Wildman–Crippen MR) is 96.7 cm³/mol. The molecule has 0 spiro atoms. The molecule has 2 aliphatic rings. The van der Waals surface area contributed by atoms with Gasteiger partial charge in [-0.3, -0.25) is 9.89 Å². The third-order valence-electron chi connectivity index (χ3n) is 5.61. The van der Waals surface area contributed by atoms with Crippen molar-refractivity contribution in [2.45, 2.75) is 63.6 Å². The molecule has 1 N–H and O–H groups in total. The van der Waals surface area contributed by atoms with Crippen molar-refractivity contribution in [2.75, 3.05) is 13.7 Å². The first-order valence-electron chi connectivity index (χ1n) is 9.66. The van der Waals surface area contributed by atoms with Crippen LogP contribution in [0.4, 0.5) is 0 Å². The summed E-state index contributed by atoms with van der Waals surface area (Å²) in [6, 6.07) is 4.35. The van der Waals surface area contributed by atoms with E-state index in [1.165, 1.54) is 25.7 Å². The average Bonchev–Trinajstić information content (AvgIpc) is 3.41. The minimum Gasteiger partial charge on any atom is -0.377 e. The third kappa shape index (κ3) is 3.28. The van der Waals surface area contributed by atoms with Crippen molar-refractivity contribution in [1.29, 1.82) is 0 Å². The molecule has 1 aliphatic carbocycles. The standard InChI is InChI=1S/C19H27N5O2/c1-26-13-17-20-18(22-21-17)15-9-4-5-11-24(15)19(25)16-10-6-12-23(16)14-7-2-3-8-14/h6,10,12,14-15H,2-5,7-9,11,13H2,1H3,(H,20,21,22)/t15-/m0/s1. The zero-order valence-electron chi connectivity index (χ0n) is 15.4. The summed E-state index contributed by atoms with van der Waals surface area (Å²) in [5, 5.41) is 7.28. The van der Waals surface area contributed by atoms with Crippen LogP contribution in [0.2, 0.25) is 0 Å².